The topological polar surface area (TPSA) is 16.8 Å². The Bertz CT molecular complexity index is 804. The molecule has 0 aliphatic rings. The van der Waals surface area contributed by atoms with Crippen molar-refractivity contribution in [3.05, 3.63) is 66.5 Å². The maximum absolute atomic E-state index is 4.49. The van der Waals surface area contributed by atoms with Crippen LogP contribution in [0.25, 0.3) is 28.2 Å². The maximum Gasteiger partial charge on any atom is 0.155 e. The molecule has 0 atom stereocenters. The van der Waals surface area contributed by atoms with Crippen LogP contribution in [-0.2, 0) is 7.05 Å². The third-order valence-corrected chi connectivity index (χ3v) is 3.55. The van der Waals surface area contributed by atoms with E-state index in [1.165, 1.54) is 11.1 Å². The molecule has 0 radical (unpaired) electrons. The molecule has 0 aliphatic heterocycles. The molecule has 0 bridgehead atoms. The third-order valence-electron chi connectivity index (χ3n) is 3.55. The Labute approximate surface area is 119 Å². The molecular formula is C18H16N2. The average molecular weight is 260 g/mol. The van der Waals surface area contributed by atoms with Crippen LogP contribution < -0.4 is 4.57 Å². The molecular weight excluding hydrogens is 244 g/mol. The van der Waals surface area contributed by atoms with Gasteiger partial charge in [-0.25, -0.2) is 0 Å². The SMILES string of the molecule is C=Cc1[c-][n+](C)c(-c2ccccc2C)c2cccnc12. The summed E-state index contributed by atoms with van der Waals surface area (Å²) in [6.45, 7) is 5.98. The van der Waals surface area contributed by atoms with Crippen LogP contribution in [0.4, 0.5) is 0 Å². The van der Waals surface area contributed by atoms with Gasteiger partial charge in [-0.2, -0.15) is 0 Å². The van der Waals surface area contributed by atoms with Crippen molar-refractivity contribution >= 4 is 17.0 Å². The number of aromatic nitrogens is 2. The summed E-state index contributed by atoms with van der Waals surface area (Å²) >= 11 is 0. The summed E-state index contributed by atoms with van der Waals surface area (Å²) < 4.78 is 2.03. The van der Waals surface area contributed by atoms with E-state index in [1.54, 1.807) is 6.08 Å². The zero-order valence-electron chi connectivity index (χ0n) is 11.7. The average Bonchev–Trinajstić information content (AvgIpc) is 2.48. The lowest BCUT2D eigenvalue weighted by Crippen LogP contribution is -2.32. The van der Waals surface area contributed by atoms with E-state index < -0.39 is 0 Å². The van der Waals surface area contributed by atoms with Crippen LogP contribution in [0.15, 0.2) is 49.2 Å². The molecule has 3 aromatic rings. The number of pyridine rings is 2. The lowest BCUT2D eigenvalue weighted by molar-refractivity contribution is -0.663. The molecule has 3 rings (SSSR count). The van der Waals surface area contributed by atoms with Crippen molar-refractivity contribution < 1.29 is 4.57 Å². The lowest BCUT2D eigenvalue weighted by atomic mass is 10.00. The first-order valence-electron chi connectivity index (χ1n) is 6.61. The third kappa shape index (κ3) is 1.90. The number of benzene rings is 1. The minimum Gasteiger partial charge on any atom is -0.304 e. The number of hydrogen-bond acceptors (Lipinski definition) is 1. The first-order valence-corrected chi connectivity index (χ1v) is 6.61. The molecule has 0 unspecified atom stereocenters. The summed E-state index contributed by atoms with van der Waals surface area (Å²) in [6.07, 6.45) is 6.94. The molecule has 0 N–H and O–H groups in total. The molecule has 0 amide bonds. The van der Waals surface area contributed by atoms with Crippen LogP contribution in [0.1, 0.15) is 11.1 Å². The van der Waals surface area contributed by atoms with Gasteiger partial charge in [0.1, 0.15) is 12.7 Å². The van der Waals surface area contributed by atoms with Gasteiger partial charge >= 0.3 is 0 Å². The Morgan fingerprint density at radius 3 is 2.75 bits per heavy atom. The van der Waals surface area contributed by atoms with Gasteiger partial charge in [0.25, 0.3) is 0 Å². The molecule has 1 aromatic carbocycles. The predicted octanol–water partition coefficient (Wildman–Crippen LogP) is 3.48. The standard InChI is InChI=1S/C18H16N2/c1-4-14-12-20(3)18(15-9-6-5-8-13(15)2)16-10-7-11-19-17(14)16/h4-11H,1H2,2-3H3. The molecule has 0 aliphatic carbocycles. The summed E-state index contributed by atoms with van der Waals surface area (Å²) in [5.74, 6) is 0. The van der Waals surface area contributed by atoms with Crippen molar-refractivity contribution in [1.29, 1.82) is 0 Å². The summed E-state index contributed by atoms with van der Waals surface area (Å²) in [6, 6.07) is 12.5. The quantitative estimate of drug-likeness (QED) is 0.509. The molecule has 0 saturated heterocycles. The van der Waals surface area contributed by atoms with Crippen LogP contribution in [0.5, 0.6) is 0 Å². The Kier molecular flexibility index (Phi) is 3.07. The highest BCUT2D eigenvalue weighted by atomic mass is 14.9. The molecule has 2 heteroatoms. The van der Waals surface area contributed by atoms with Gasteiger partial charge in [-0.05, 0) is 29.5 Å². The van der Waals surface area contributed by atoms with Gasteiger partial charge < -0.3 is 4.98 Å². The Hall–Kier alpha value is -2.48. The van der Waals surface area contributed by atoms with Gasteiger partial charge in [-0.3, -0.25) is 4.57 Å². The highest BCUT2D eigenvalue weighted by molar-refractivity contribution is 5.95. The Morgan fingerprint density at radius 1 is 1.20 bits per heavy atom. The second kappa shape index (κ2) is 4.89. The van der Waals surface area contributed by atoms with Crippen molar-refractivity contribution in [3.8, 4) is 11.3 Å². The van der Waals surface area contributed by atoms with Crippen molar-refractivity contribution in [2.45, 2.75) is 6.92 Å². The zero-order chi connectivity index (χ0) is 14.1. The van der Waals surface area contributed by atoms with Gasteiger partial charge in [-0.1, -0.05) is 35.9 Å². The number of hydrogen-bond donors (Lipinski definition) is 0. The minimum absolute atomic E-state index is 0.931. The molecule has 2 aromatic heterocycles. The van der Waals surface area contributed by atoms with Gasteiger partial charge in [0.2, 0.25) is 0 Å². The number of aryl methyl sites for hydroxylation is 2. The normalized spacial score (nSPS) is 10.7. The highest BCUT2D eigenvalue weighted by Crippen LogP contribution is 2.28. The Balaban J connectivity index is 2.46. The first-order chi connectivity index (χ1) is 9.72. The fraction of sp³-hybridized carbons (Fsp3) is 0.111. The molecule has 20 heavy (non-hydrogen) atoms. The fourth-order valence-corrected chi connectivity index (χ4v) is 2.59. The molecule has 2 nitrogen and oxygen atoms in total. The van der Waals surface area contributed by atoms with Gasteiger partial charge in [-0.15, -0.1) is 12.7 Å². The zero-order valence-corrected chi connectivity index (χ0v) is 11.7. The van der Waals surface area contributed by atoms with Crippen LogP contribution in [0.3, 0.4) is 0 Å². The van der Waals surface area contributed by atoms with Gasteiger partial charge in [0, 0.05) is 11.8 Å². The largest absolute Gasteiger partial charge is 0.304 e. The minimum atomic E-state index is 0.931. The lowest BCUT2D eigenvalue weighted by Gasteiger charge is -2.14. The number of fused-ring (bicyclic) bond motifs is 1. The fourth-order valence-electron chi connectivity index (χ4n) is 2.59. The van der Waals surface area contributed by atoms with Crippen molar-refractivity contribution in [1.82, 2.24) is 4.98 Å². The number of rotatable bonds is 2. The summed E-state index contributed by atoms with van der Waals surface area (Å²) in [4.78, 5) is 4.49. The van der Waals surface area contributed by atoms with E-state index in [9.17, 15) is 0 Å². The van der Waals surface area contributed by atoms with Crippen LogP contribution in [0, 0.1) is 13.1 Å². The van der Waals surface area contributed by atoms with E-state index in [1.807, 2.05) is 23.9 Å². The molecule has 0 spiro atoms. The summed E-state index contributed by atoms with van der Waals surface area (Å²) in [5, 5.41) is 1.12. The second-order valence-corrected chi connectivity index (χ2v) is 4.85. The van der Waals surface area contributed by atoms with E-state index >= 15 is 0 Å². The maximum atomic E-state index is 4.49. The summed E-state index contributed by atoms with van der Waals surface area (Å²) in [5.41, 5.74) is 5.46. The van der Waals surface area contributed by atoms with Crippen molar-refractivity contribution in [2.24, 2.45) is 7.05 Å². The van der Waals surface area contributed by atoms with Crippen LogP contribution in [-0.4, -0.2) is 4.98 Å². The number of nitrogens with zero attached hydrogens (tertiary/aromatic N) is 2. The van der Waals surface area contributed by atoms with Crippen molar-refractivity contribution in [3.63, 3.8) is 0 Å². The van der Waals surface area contributed by atoms with Gasteiger partial charge in [0.05, 0.1) is 0 Å². The van der Waals surface area contributed by atoms with Crippen LogP contribution in [0.2, 0.25) is 0 Å². The van der Waals surface area contributed by atoms with E-state index in [0.717, 1.165) is 22.2 Å². The molecule has 2 heterocycles. The first kappa shape index (κ1) is 12.5. The molecule has 0 fully saturated rings. The summed E-state index contributed by atoms with van der Waals surface area (Å²) in [7, 11) is 2.02. The van der Waals surface area contributed by atoms with E-state index in [4.69, 9.17) is 0 Å². The monoisotopic (exact) mass is 260 g/mol. The van der Waals surface area contributed by atoms with E-state index in [-0.39, 0.29) is 0 Å². The second-order valence-electron chi connectivity index (χ2n) is 4.85. The highest BCUT2D eigenvalue weighted by Gasteiger charge is 2.12. The predicted molar refractivity (Wildman–Crippen MR) is 82.0 cm³/mol. The molecule has 98 valence electrons. The van der Waals surface area contributed by atoms with E-state index in [0.29, 0.717) is 0 Å². The van der Waals surface area contributed by atoms with Crippen LogP contribution >= 0.6 is 0 Å². The van der Waals surface area contributed by atoms with E-state index in [2.05, 4.69) is 55.0 Å². The smallest absolute Gasteiger partial charge is 0.155 e. The Morgan fingerprint density at radius 2 is 2.00 bits per heavy atom. The van der Waals surface area contributed by atoms with Crippen molar-refractivity contribution in [2.75, 3.05) is 0 Å². The molecule has 0 saturated carbocycles. The van der Waals surface area contributed by atoms with Gasteiger partial charge in [0.15, 0.2) is 6.20 Å².